The van der Waals surface area contributed by atoms with E-state index in [-0.39, 0.29) is 11.8 Å². The van der Waals surface area contributed by atoms with Crippen molar-refractivity contribution in [2.75, 3.05) is 43.5 Å². The summed E-state index contributed by atoms with van der Waals surface area (Å²) in [6.45, 7) is 4.35. The summed E-state index contributed by atoms with van der Waals surface area (Å²) in [5, 5.41) is 2.89. The summed E-state index contributed by atoms with van der Waals surface area (Å²) in [7, 11) is 1.66. The number of anilines is 2. The maximum atomic E-state index is 12.4. The van der Waals surface area contributed by atoms with E-state index < -0.39 is 0 Å². The zero-order valence-corrected chi connectivity index (χ0v) is 15.1. The van der Waals surface area contributed by atoms with Crippen LogP contribution in [-0.4, -0.2) is 50.0 Å². The summed E-state index contributed by atoms with van der Waals surface area (Å²) >= 11 is 0. The number of amides is 2. The molecule has 2 amide bonds. The van der Waals surface area contributed by atoms with Gasteiger partial charge in [0.2, 0.25) is 0 Å². The van der Waals surface area contributed by atoms with Crippen LogP contribution < -0.4 is 15.0 Å². The number of urea groups is 1. The van der Waals surface area contributed by atoms with Crippen molar-refractivity contribution in [1.29, 1.82) is 0 Å². The number of methoxy groups -OCH3 is 1. The number of ether oxygens (including phenoxy) is 1. The van der Waals surface area contributed by atoms with Gasteiger partial charge >= 0.3 is 6.03 Å². The molecule has 136 valence electrons. The second-order valence-electron chi connectivity index (χ2n) is 6.24. The molecule has 6 heteroatoms. The molecule has 1 saturated heterocycles. The number of benzene rings is 2. The maximum absolute atomic E-state index is 12.4. The highest BCUT2D eigenvalue weighted by atomic mass is 16.5. The Balaban J connectivity index is 1.55. The molecule has 26 heavy (non-hydrogen) atoms. The number of nitrogens with one attached hydrogen (secondary N) is 1. The molecule has 1 aliphatic heterocycles. The minimum absolute atomic E-state index is 0.0107. The van der Waals surface area contributed by atoms with Crippen molar-refractivity contribution in [2.45, 2.75) is 6.92 Å². The first-order valence-corrected chi connectivity index (χ1v) is 8.63. The van der Waals surface area contributed by atoms with Crippen molar-refractivity contribution in [3.05, 3.63) is 54.1 Å². The first-order valence-electron chi connectivity index (χ1n) is 8.63. The van der Waals surface area contributed by atoms with Gasteiger partial charge in [0.15, 0.2) is 5.78 Å². The van der Waals surface area contributed by atoms with E-state index in [9.17, 15) is 9.59 Å². The molecular formula is C20H23N3O3. The minimum atomic E-state index is -0.120. The number of carbonyl (C=O) groups excluding carboxylic acids is 2. The van der Waals surface area contributed by atoms with Crippen LogP contribution in [0.2, 0.25) is 0 Å². The Morgan fingerprint density at radius 1 is 1.00 bits per heavy atom. The third kappa shape index (κ3) is 4.14. The molecule has 0 spiro atoms. The fourth-order valence-corrected chi connectivity index (χ4v) is 2.97. The lowest BCUT2D eigenvalue weighted by Gasteiger charge is -2.36. The topological polar surface area (TPSA) is 61.9 Å². The SMILES string of the molecule is COc1cccc(N2CCN(C(=O)Nc3ccc(C(C)=O)cc3)CC2)c1. The molecule has 0 saturated carbocycles. The van der Waals surface area contributed by atoms with E-state index in [4.69, 9.17) is 4.74 Å². The number of piperazine rings is 1. The summed E-state index contributed by atoms with van der Waals surface area (Å²) in [4.78, 5) is 27.8. The van der Waals surface area contributed by atoms with Crippen molar-refractivity contribution in [2.24, 2.45) is 0 Å². The summed E-state index contributed by atoms with van der Waals surface area (Å²) < 4.78 is 5.27. The maximum Gasteiger partial charge on any atom is 0.321 e. The zero-order chi connectivity index (χ0) is 18.5. The number of nitrogens with zero attached hydrogens (tertiary/aromatic N) is 2. The molecule has 2 aromatic rings. The summed E-state index contributed by atoms with van der Waals surface area (Å²) in [6.07, 6.45) is 0. The van der Waals surface area contributed by atoms with E-state index in [0.29, 0.717) is 24.3 Å². The minimum Gasteiger partial charge on any atom is -0.497 e. The van der Waals surface area contributed by atoms with E-state index in [0.717, 1.165) is 24.5 Å². The lowest BCUT2D eigenvalue weighted by atomic mass is 10.1. The molecule has 0 unspecified atom stereocenters. The summed E-state index contributed by atoms with van der Waals surface area (Å²) in [5.41, 5.74) is 2.43. The Hall–Kier alpha value is -3.02. The molecule has 1 fully saturated rings. The van der Waals surface area contributed by atoms with Gasteiger partial charge in [-0.2, -0.15) is 0 Å². The highest BCUT2D eigenvalue weighted by Gasteiger charge is 2.21. The van der Waals surface area contributed by atoms with Gasteiger partial charge in [0, 0.05) is 49.2 Å². The number of hydrogen-bond acceptors (Lipinski definition) is 4. The Labute approximate surface area is 153 Å². The van der Waals surface area contributed by atoms with E-state index in [1.165, 1.54) is 6.92 Å². The fourth-order valence-electron chi connectivity index (χ4n) is 2.97. The second kappa shape index (κ2) is 7.91. The molecular weight excluding hydrogens is 330 g/mol. The average molecular weight is 353 g/mol. The number of rotatable bonds is 4. The Morgan fingerprint density at radius 3 is 2.31 bits per heavy atom. The fraction of sp³-hybridized carbons (Fsp3) is 0.300. The van der Waals surface area contributed by atoms with Crippen LogP contribution in [0.5, 0.6) is 5.75 Å². The molecule has 0 atom stereocenters. The van der Waals surface area contributed by atoms with Crippen LogP contribution in [-0.2, 0) is 0 Å². The third-order valence-electron chi connectivity index (χ3n) is 4.53. The highest BCUT2D eigenvalue weighted by molar-refractivity contribution is 5.95. The van der Waals surface area contributed by atoms with Gasteiger partial charge in [-0.25, -0.2) is 4.79 Å². The lowest BCUT2D eigenvalue weighted by Crippen LogP contribution is -2.50. The Morgan fingerprint density at radius 2 is 1.69 bits per heavy atom. The summed E-state index contributed by atoms with van der Waals surface area (Å²) in [6, 6.07) is 14.8. The Kier molecular flexibility index (Phi) is 5.41. The molecule has 0 bridgehead atoms. The molecule has 0 radical (unpaired) electrons. The first kappa shape index (κ1) is 17.8. The molecule has 1 aliphatic rings. The predicted octanol–water partition coefficient (Wildman–Crippen LogP) is 3.25. The normalized spacial score (nSPS) is 14.1. The number of carbonyl (C=O) groups is 2. The molecule has 3 rings (SSSR count). The van der Waals surface area contributed by atoms with Gasteiger partial charge in [0.25, 0.3) is 0 Å². The summed E-state index contributed by atoms with van der Waals surface area (Å²) in [5.74, 6) is 0.841. The van der Waals surface area contributed by atoms with Gasteiger partial charge in [-0.05, 0) is 43.3 Å². The quantitative estimate of drug-likeness (QED) is 0.857. The average Bonchev–Trinajstić information content (AvgIpc) is 2.68. The largest absolute Gasteiger partial charge is 0.497 e. The van der Waals surface area contributed by atoms with Crippen LogP contribution in [0.3, 0.4) is 0 Å². The van der Waals surface area contributed by atoms with E-state index in [1.54, 1.807) is 36.3 Å². The van der Waals surface area contributed by atoms with Crippen LogP contribution in [0.4, 0.5) is 16.2 Å². The zero-order valence-electron chi connectivity index (χ0n) is 15.1. The molecule has 0 aliphatic carbocycles. The van der Waals surface area contributed by atoms with Crippen molar-refractivity contribution in [3.63, 3.8) is 0 Å². The van der Waals surface area contributed by atoms with Gasteiger partial charge in [0.05, 0.1) is 7.11 Å². The van der Waals surface area contributed by atoms with Gasteiger partial charge in [-0.15, -0.1) is 0 Å². The molecule has 1 heterocycles. The molecule has 2 aromatic carbocycles. The molecule has 6 nitrogen and oxygen atoms in total. The van der Waals surface area contributed by atoms with Crippen LogP contribution >= 0.6 is 0 Å². The van der Waals surface area contributed by atoms with Gasteiger partial charge in [0.1, 0.15) is 5.75 Å². The smallest absolute Gasteiger partial charge is 0.321 e. The van der Waals surface area contributed by atoms with Crippen LogP contribution in [0, 0.1) is 0 Å². The predicted molar refractivity (Wildman–Crippen MR) is 102 cm³/mol. The van der Waals surface area contributed by atoms with Gasteiger partial charge in [-0.3, -0.25) is 4.79 Å². The number of hydrogen-bond donors (Lipinski definition) is 1. The Bertz CT molecular complexity index is 781. The van der Waals surface area contributed by atoms with Crippen molar-refractivity contribution < 1.29 is 14.3 Å². The number of Topliss-reactive ketones (excluding diaryl/α,β-unsaturated/α-hetero) is 1. The highest BCUT2D eigenvalue weighted by Crippen LogP contribution is 2.22. The van der Waals surface area contributed by atoms with Crippen LogP contribution in [0.15, 0.2) is 48.5 Å². The monoisotopic (exact) mass is 353 g/mol. The van der Waals surface area contributed by atoms with Crippen LogP contribution in [0.25, 0.3) is 0 Å². The van der Waals surface area contributed by atoms with Crippen molar-refractivity contribution in [3.8, 4) is 5.75 Å². The van der Waals surface area contributed by atoms with E-state index >= 15 is 0 Å². The molecule has 1 N–H and O–H groups in total. The number of ketones is 1. The standard InChI is InChI=1S/C20H23N3O3/c1-15(24)16-6-8-17(9-7-16)21-20(25)23-12-10-22(11-13-23)18-4-3-5-19(14-18)26-2/h3-9,14H,10-13H2,1-2H3,(H,21,25). The lowest BCUT2D eigenvalue weighted by molar-refractivity contribution is 0.101. The van der Waals surface area contributed by atoms with Crippen molar-refractivity contribution >= 4 is 23.2 Å². The van der Waals surface area contributed by atoms with Gasteiger partial charge in [-0.1, -0.05) is 6.07 Å². The second-order valence-corrected chi connectivity index (χ2v) is 6.24. The first-order chi connectivity index (χ1) is 12.6. The van der Waals surface area contributed by atoms with E-state index in [2.05, 4.69) is 16.3 Å². The van der Waals surface area contributed by atoms with Crippen LogP contribution in [0.1, 0.15) is 17.3 Å². The third-order valence-corrected chi connectivity index (χ3v) is 4.53. The molecule has 0 aromatic heterocycles. The van der Waals surface area contributed by atoms with Crippen molar-refractivity contribution in [1.82, 2.24) is 4.90 Å². The van der Waals surface area contributed by atoms with Gasteiger partial charge < -0.3 is 19.9 Å². The van der Waals surface area contributed by atoms with E-state index in [1.807, 2.05) is 18.2 Å².